The van der Waals surface area contributed by atoms with Crippen molar-refractivity contribution < 1.29 is 5.11 Å². The van der Waals surface area contributed by atoms with E-state index < -0.39 is 0 Å². The van der Waals surface area contributed by atoms with Crippen molar-refractivity contribution >= 4 is 45.2 Å². The Balaban J connectivity index is 3.25. The second-order valence-corrected chi connectivity index (χ2v) is 3.73. The van der Waals surface area contributed by atoms with E-state index in [1.165, 1.54) is 0 Å². The van der Waals surface area contributed by atoms with E-state index >= 15 is 0 Å². The SMILES string of the molecule is Oc1[c]ccc(I)c1I. The van der Waals surface area contributed by atoms with Gasteiger partial charge in [0.15, 0.2) is 0 Å². The molecule has 9 heavy (non-hydrogen) atoms. The van der Waals surface area contributed by atoms with Crippen LogP contribution >= 0.6 is 45.2 Å². The fraction of sp³-hybridized carbons (Fsp3) is 0. The van der Waals surface area contributed by atoms with Crippen LogP contribution in [0.15, 0.2) is 12.1 Å². The number of hydrogen-bond donors (Lipinski definition) is 1. The lowest BCUT2D eigenvalue weighted by molar-refractivity contribution is 0.470. The van der Waals surface area contributed by atoms with Crippen molar-refractivity contribution in [3.63, 3.8) is 0 Å². The molecule has 0 fully saturated rings. The van der Waals surface area contributed by atoms with Crippen LogP contribution in [0.4, 0.5) is 0 Å². The Labute approximate surface area is 80.7 Å². The smallest absolute Gasteiger partial charge is 0.137 e. The highest BCUT2D eigenvalue weighted by Gasteiger charge is 1.98. The van der Waals surface area contributed by atoms with Gasteiger partial charge in [-0.3, -0.25) is 0 Å². The molecule has 0 saturated heterocycles. The molecule has 1 radical (unpaired) electrons. The van der Waals surface area contributed by atoms with E-state index in [9.17, 15) is 0 Å². The van der Waals surface area contributed by atoms with Crippen molar-refractivity contribution in [3.8, 4) is 5.75 Å². The minimum absolute atomic E-state index is 0.238. The van der Waals surface area contributed by atoms with Crippen LogP contribution in [0.5, 0.6) is 5.75 Å². The van der Waals surface area contributed by atoms with Gasteiger partial charge in [0.1, 0.15) is 5.75 Å². The van der Waals surface area contributed by atoms with Gasteiger partial charge in [0, 0.05) is 9.64 Å². The third-order valence-electron chi connectivity index (χ3n) is 0.867. The second kappa shape index (κ2) is 3.05. The first kappa shape index (κ1) is 7.59. The van der Waals surface area contributed by atoms with Gasteiger partial charge >= 0.3 is 0 Å². The average molecular weight is 345 g/mol. The molecule has 1 nitrogen and oxygen atoms in total. The third kappa shape index (κ3) is 1.70. The zero-order chi connectivity index (χ0) is 6.85. The Morgan fingerprint density at radius 1 is 1.44 bits per heavy atom. The predicted molar refractivity (Wildman–Crippen MR) is 52.4 cm³/mol. The summed E-state index contributed by atoms with van der Waals surface area (Å²) in [6.45, 7) is 0. The fourth-order valence-electron chi connectivity index (χ4n) is 0.443. The van der Waals surface area contributed by atoms with E-state index in [1.54, 1.807) is 6.07 Å². The lowest BCUT2D eigenvalue weighted by Gasteiger charge is -1.95. The number of halogens is 2. The zero-order valence-corrected chi connectivity index (χ0v) is 8.67. The van der Waals surface area contributed by atoms with Gasteiger partial charge in [0.05, 0.1) is 3.57 Å². The molecule has 0 bridgehead atoms. The molecule has 0 aromatic heterocycles. The first-order valence-electron chi connectivity index (χ1n) is 2.26. The first-order chi connectivity index (χ1) is 4.22. The second-order valence-electron chi connectivity index (χ2n) is 1.49. The average Bonchev–Trinajstić information content (AvgIpc) is 1.83. The lowest BCUT2D eigenvalue weighted by Crippen LogP contribution is -1.77. The first-order valence-corrected chi connectivity index (χ1v) is 4.42. The van der Waals surface area contributed by atoms with E-state index in [4.69, 9.17) is 5.11 Å². The van der Waals surface area contributed by atoms with Gasteiger partial charge in [0.2, 0.25) is 0 Å². The molecule has 0 aliphatic carbocycles. The summed E-state index contributed by atoms with van der Waals surface area (Å²) in [6.07, 6.45) is 0. The third-order valence-corrected chi connectivity index (χ3v) is 3.89. The molecule has 1 N–H and O–H groups in total. The van der Waals surface area contributed by atoms with Crippen molar-refractivity contribution in [2.45, 2.75) is 0 Å². The van der Waals surface area contributed by atoms with Gasteiger partial charge in [-0.2, -0.15) is 0 Å². The van der Waals surface area contributed by atoms with Gasteiger partial charge in [-0.25, -0.2) is 0 Å². The number of aromatic hydroxyl groups is 1. The molecule has 1 aromatic carbocycles. The van der Waals surface area contributed by atoms with Crippen molar-refractivity contribution in [2.24, 2.45) is 0 Å². The van der Waals surface area contributed by atoms with Crippen LogP contribution in [0.3, 0.4) is 0 Å². The largest absolute Gasteiger partial charge is 0.506 e. The molecule has 0 spiro atoms. The van der Waals surface area contributed by atoms with Crippen molar-refractivity contribution in [1.29, 1.82) is 0 Å². The molecule has 0 amide bonds. The van der Waals surface area contributed by atoms with Crippen LogP contribution in [0.1, 0.15) is 0 Å². The summed E-state index contributed by atoms with van der Waals surface area (Å²) in [7, 11) is 0. The number of phenolic OH excluding ortho intramolecular Hbond substituents is 1. The van der Waals surface area contributed by atoms with Crippen molar-refractivity contribution in [1.82, 2.24) is 0 Å². The van der Waals surface area contributed by atoms with Gasteiger partial charge in [-0.1, -0.05) is 0 Å². The molecule has 0 saturated carbocycles. The van der Waals surface area contributed by atoms with E-state index in [0.717, 1.165) is 7.14 Å². The van der Waals surface area contributed by atoms with Gasteiger partial charge in [-0.05, 0) is 57.3 Å². The number of rotatable bonds is 0. The summed E-state index contributed by atoms with van der Waals surface area (Å²) >= 11 is 4.24. The quantitative estimate of drug-likeness (QED) is 0.717. The summed E-state index contributed by atoms with van der Waals surface area (Å²) in [4.78, 5) is 0. The molecular weight excluding hydrogens is 342 g/mol. The Kier molecular flexibility index (Phi) is 2.57. The van der Waals surface area contributed by atoms with E-state index in [0.29, 0.717) is 0 Å². The Hall–Kier alpha value is 0.480. The number of benzene rings is 1. The molecule has 0 aliphatic rings. The minimum atomic E-state index is 0.238. The summed E-state index contributed by atoms with van der Waals surface area (Å²) in [5, 5.41) is 9.03. The van der Waals surface area contributed by atoms with Crippen LogP contribution in [0, 0.1) is 13.2 Å². The molecule has 47 valence electrons. The fourth-order valence-corrected chi connectivity index (χ4v) is 1.21. The lowest BCUT2D eigenvalue weighted by atomic mass is 10.3. The minimum Gasteiger partial charge on any atom is -0.506 e. The summed E-state index contributed by atoms with van der Waals surface area (Å²) < 4.78 is 1.93. The van der Waals surface area contributed by atoms with Crippen LogP contribution in [0.2, 0.25) is 0 Å². The highest BCUT2D eigenvalue weighted by Crippen LogP contribution is 2.22. The van der Waals surface area contributed by atoms with Gasteiger partial charge in [0.25, 0.3) is 0 Å². The van der Waals surface area contributed by atoms with Crippen LogP contribution in [0.25, 0.3) is 0 Å². The standard InChI is InChI=1S/C6H3I2O/c7-4-2-1-3-5(9)6(4)8/h1-2,9H. The zero-order valence-electron chi connectivity index (χ0n) is 4.36. The Morgan fingerprint density at radius 2 is 2.11 bits per heavy atom. The summed E-state index contributed by atoms with van der Waals surface area (Å²) in [5.74, 6) is 0.238. The van der Waals surface area contributed by atoms with Crippen molar-refractivity contribution in [2.75, 3.05) is 0 Å². The summed E-state index contributed by atoms with van der Waals surface area (Å²) in [6, 6.07) is 6.30. The van der Waals surface area contributed by atoms with Crippen LogP contribution in [-0.2, 0) is 0 Å². The van der Waals surface area contributed by atoms with E-state index in [1.807, 2.05) is 6.07 Å². The topological polar surface area (TPSA) is 20.2 Å². The maximum atomic E-state index is 9.03. The highest BCUT2D eigenvalue weighted by atomic mass is 127. The van der Waals surface area contributed by atoms with E-state index in [2.05, 4.69) is 51.2 Å². The summed E-state index contributed by atoms with van der Waals surface area (Å²) in [5.41, 5.74) is 0. The number of hydrogen-bond acceptors (Lipinski definition) is 1. The normalized spacial score (nSPS) is 9.56. The molecule has 0 aliphatic heterocycles. The predicted octanol–water partition coefficient (Wildman–Crippen LogP) is 2.40. The molecule has 0 heterocycles. The van der Waals surface area contributed by atoms with Crippen LogP contribution in [-0.4, -0.2) is 5.11 Å². The maximum absolute atomic E-state index is 9.03. The highest BCUT2D eigenvalue weighted by molar-refractivity contribution is 14.1. The maximum Gasteiger partial charge on any atom is 0.137 e. The molecule has 1 rings (SSSR count). The molecule has 1 aromatic rings. The Morgan fingerprint density at radius 3 is 2.56 bits per heavy atom. The van der Waals surface area contributed by atoms with Crippen LogP contribution < -0.4 is 0 Å². The van der Waals surface area contributed by atoms with Crippen molar-refractivity contribution in [3.05, 3.63) is 25.3 Å². The number of phenols is 1. The molecule has 0 unspecified atom stereocenters. The van der Waals surface area contributed by atoms with Gasteiger partial charge < -0.3 is 5.11 Å². The van der Waals surface area contributed by atoms with E-state index in [-0.39, 0.29) is 5.75 Å². The molecule has 0 atom stereocenters. The molecule has 3 heteroatoms. The van der Waals surface area contributed by atoms with Gasteiger partial charge in [-0.15, -0.1) is 0 Å². The Bertz CT molecular complexity index is 202. The monoisotopic (exact) mass is 345 g/mol. The molecular formula is C6H3I2O.